The minimum Gasteiger partial charge on any atom is -0.337 e. The van der Waals surface area contributed by atoms with E-state index in [1.54, 1.807) is 0 Å². The number of amides is 1. The van der Waals surface area contributed by atoms with Gasteiger partial charge in [0.2, 0.25) is 5.91 Å². The van der Waals surface area contributed by atoms with Crippen LogP contribution in [0.1, 0.15) is 30.0 Å². The first-order valence-corrected chi connectivity index (χ1v) is 9.28. The van der Waals surface area contributed by atoms with E-state index in [4.69, 9.17) is 11.6 Å². The van der Waals surface area contributed by atoms with E-state index in [0.717, 1.165) is 25.2 Å². The Bertz CT molecular complexity index is 681. The lowest BCUT2D eigenvalue weighted by molar-refractivity contribution is -0.131. The molecule has 1 saturated heterocycles. The van der Waals surface area contributed by atoms with E-state index < -0.39 is 0 Å². The highest BCUT2D eigenvalue weighted by atomic mass is 35.5. The highest BCUT2D eigenvalue weighted by Crippen LogP contribution is 2.24. The number of likely N-dealkylation sites (tertiary alicyclic amines) is 1. The Morgan fingerprint density at radius 1 is 1.08 bits per heavy atom. The lowest BCUT2D eigenvalue weighted by Crippen LogP contribution is -2.39. The molecule has 4 heteroatoms. The topological polar surface area (TPSA) is 23.6 Å². The van der Waals surface area contributed by atoms with Crippen molar-refractivity contribution in [3.05, 3.63) is 70.7 Å². The van der Waals surface area contributed by atoms with Crippen molar-refractivity contribution in [3.8, 4) is 0 Å². The van der Waals surface area contributed by atoms with Gasteiger partial charge in [-0.25, -0.2) is 0 Å². The summed E-state index contributed by atoms with van der Waals surface area (Å²) in [5.74, 6) is 0.135. The third kappa shape index (κ3) is 4.83. The van der Waals surface area contributed by atoms with Gasteiger partial charge < -0.3 is 9.80 Å². The first-order valence-electron chi connectivity index (χ1n) is 8.91. The number of carbonyl (C=O) groups excluding carboxylic acids is 1. The molecule has 1 heterocycles. The van der Waals surface area contributed by atoms with Gasteiger partial charge in [0.25, 0.3) is 0 Å². The van der Waals surface area contributed by atoms with Crippen molar-refractivity contribution in [2.75, 3.05) is 26.7 Å². The average molecular weight is 357 g/mol. The molecule has 2 aromatic carbocycles. The van der Waals surface area contributed by atoms with Crippen molar-refractivity contribution in [3.63, 3.8) is 0 Å². The number of halogens is 1. The second-order valence-corrected chi connectivity index (χ2v) is 7.18. The van der Waals surface area contributed by atoms with Crippen LogP contribution in [0.3, 0.4) is 0 Å². The van der Waals surface area contributed by atoms with Crippen LogP contribution in [0.2, 0.25) is 5.02 Å². The van der Waals surface area contributed by atoms with Crippen molar-refractivity contribution in [2.45, 2.75) is 25.3 Å². The Hall–Kier alpha value is -1.84. The molecule has 0 bridgehead atoms. The maximum atomic E-state index is 12.9. The van der Waals surface area contributed by atoms with Gasteiger partial charge in [-0.05, 0) is 49.2 Å². The van der Waals surface area contributed by atoms with Crippen LogP contribution in [0.15, 0.2) is 54.6 Å². The molecule has 0 aliphatic carbocycles. The van der Waals surface area contributed by atoms with Gasteiger partial charge in [-0.3, -0.25) is 4.79 Å². The predicted octanol–water partition coefficient (Wildman–Crippen LogP) is 4.18. The van der Waals surface area contributed by atoms with Crippen LogP contribution in [-0.2, 0) is 11.2 Å². The smallest absolute Gasteiger partial charge is 0.227 e. The van der Waals surface area contributed by atoms with E-state index >= 15 is 0 Å². The van der Waals surface area contributed by atoms with E-state index in [0.29, 0.717) is 11.4 Å². The number of likely N-dealkylation sites (N-methyl/N-ethyl adjacent to an activating group) is 1. The van der Waals surface area contributed by atoms with Gasteiger partial charge in [-0.1, -0.05) is 54.1 Å². The molecular weight excluding hydrogens is 332 g/mol. The summed E-state index contributed by atoms with van der Waals surface area (Å²) in [5, 5.41) is 0.695. The van der Waals surface area contributed by atoms with E-state index in [9.17, 15) is 4.79 Å². The monoisotopic (exact) mass is 356 g/mol. The lowest BCUT2D eigenvalue weighted by Gasteiger charge is -2.32. The highest BCUT2D eigenvalue weighted by Gasteiger charge is 2.25. The molecule has 0 radical (unpaired) electrons. The van der Waals surface area contributed by atoms with Gasteiger partial charge >= 0.3 is 0 Å². The average Bonchev–Trinajstić information content (AvgIpc) is 3.15. The molecule has 3 rings (SSSR count). The lowest BCUT2D eigenvalue weighted by atomic mass is 10.0. The fraction of sp³-hybridized carbons (Fsp3) is 0.381. The van der Waals surface area contributed by atoms with Crippen molar-refractivity contribution < 1.29 is 4.79 Å². The molecule has 1 fully saturated rings. The maximum absolute atomic E-state index is 12.9. The van der Waals surface area contributed by atoms with Gasteiger partial charge in [0.15, 0.2) is 0 Å². The number of carbonyl (C=O) groups is 1. The summed E-state index contributed by atoms with van der Waals surface area (Å²) >= 11 is 5.94. The predicted molar refractivity (Wildman–Crippen MR) is 103 cm³/mol. The Morgan fingerprint density at radius 2 is 1.72 bits per heavy atom. The van der Waals surface area contributed by atoms with Crippen LogP contribution in [0.5, 0.6) is 0 Å². The quantitative estimate of drug-likeness (QED) is 0.775. The summed E-state index contributed by atoms with van der Waals surface area (Å²) in [4.78, 5) is 17.2. The Kier molecular flexibility index (Phi) is 6.11. The summed E-state index contributed by atoms with van der Waals surface area (Å²) in [5.41, 5.74) is 2.19. The van der Waals surface area contributed by atoms with Crippen molar-refractivity contribution >= 4 is 17.5 Å². The van der Waals surface area contributed by atoms with Crippen LogP contribution in [0.4, 0.5) is 0 Å². The van der Waals surface area contributed by atoms with E-state index in [-0.39, 0.29) is 11.9 Å². The van der Waals surface area contributed by atoms with E-state index in [1.165, 1.54) is 18.4 Å². The molecule has 0 unspecified atom stereocenters. The number of rotatable bonds is 6. The van der Waals surface area contributed by atoms with Crippen molar-refractivity contribution in [1.82, 2.24) is 9.80 Å². The van der Waals surface area contributed by atoms with E-state index in [2.05, 4.69) is 17.0 Å². The third-order valence-electron chi connectivity index (χ3n) is 4.94. The molecule has 0 N–H and O–H groups in total. The summed E-state index contributed by atoms with van der Waals surface area (Å²) in [6.07, 6.45) is 2.91. The molecule has 25 heavy (non-hydrogen) atoms. The maximum Gasteiger partial charge on any atom is 0.227 e. The largest absolute Gasteiger partial charge is 0.337 e. The highest BCUT2D eigenvalue weighted by molar-refractivity contribution is 6.30. The standard InChI is InChI=1S/C21H25ClN2O/c1-23(21(25)15-17-9-11-19(22)12-10-17)20(16-24-13-5-6-14-24)18-7-3-2-4-8-18/h2-4,7-12,20H,5-6,13-16H2,1H3/t20-/m0/s1. The minimum atomic E-state index is 0.0825. The van der Waals surface area contributed by atoms with Crippen LogP contribution < -0.4 is 0 Å². The van der Waals surface area contributed by atoms with Crippen LogP contribution in [0, 0.1) is 0 Å². The van der Waals surface area contributed by atoms with Gasteiger partial charge in [0.1, 0.15) is 0 Å². The molecule has 1 aliphatic heterocycles. The molecule has 0 aromatic heterocycles. The Morgan fingerprint density at radius 3 is 2.36 bits per heavy atom. The van der Waals surface area contributed by atoms with Crippen LogP contribution in [-0.4, -0.2) is 42.4 Å². The van der Waals surface area contributed by atoms with Crippen LogP contribution in [0.25, 0.3) is 0 Å². The molecule has 0 saturated carbocycles. The van der Waals surface area contributed by atoms with Gasteiger partial charge in [-0.2, -0.15) is 0 Å². The molecule has 2 aromatic rings. The molecule has 3 nitrogen and oxygen atoms in total. The third-order valence-corrected chi connectivity index (χ3v) is 5.20. The second-order valence-electron chi connectivity index (χ2n) is 6.74. The number of benzene rings is 2. The molecule has 1 atom stereocenters. The zero-order valence-corrected chi connectivity index (χ0v) is 15.5. The second kappa shape index (κ2) is 8.50. The molecular formula is C21H25ClN2O. The summed E-state index contributed by atoms with van der Waals surface area (Å²) in [7, 11) is 1.92. The molecule has 0 spiro atoms. The van der Waals surface area contributed by atoms with Gasteiger partial charge in [0, 0.05) is 18.6 Å². The molecule has 1 amide bonds. The summed E-state index contributed by atoms with van der Waals surface area (Å²) in [6.45, 7) is 3.15. The molecule has 1 aliphatic rings. The summed E-state index contributed by atoms with van der Waals surface area (Å²) in [6, 6.07) is 17.9. The Balaban J connectivity index is 1.74. The molecule has 132 valence electrons. The number of hydrogen-bond donors (Lipinski definition) is 0. The fourth-order valence-electron chi connectivity index (χ4n) is 3.41. The SMILES string of the molecule is CN(C(=O)Cc1ccc(Cl)cc1)[C@@H](CN1CCCC1)c1ccccc1. The van der Waals surface area contributed by atoms with Crippen molar-refractivity contribution in [2.24, 2.45) is 0 Å². The van der Waals surface area contributed by atoms with Crippen LogP contribution >= 0.6 is 11.6 Å². The van der Waals surface area contributed by atoms with Crippen molar-refractivity contribution in [1.29, 1.82) is 0 Å². The number of hydrogen-bond acceptors (Lipinski definition) is 2. The zero-order valence-electron chi connectivity index (χ0n) is 14.7. The fourth-order valence-corrected chi connectivity index (χ4v) is 3.54. The Labute approximate surface area is 155 Å². The van der Waals surface area contributed by atoms with Gasteiger partial charge in [0.05, 0.1) is 12.5 Å². The van der Waals surface area contributed by atoms with Gasteiger partial charge in [-0.15, -0.1) is 0 Å². The first kappa shape index (κ1) is 18.0. The normalized spacial score (nSPS) is 15.9. The first-order chi connectivity index (χ1) is 12.1. The summed E-state index contributed by atoms with van der Waals surface area (Å²) < 4.78 is 0. The minimum absolute atomic E-state index is 0.0825. The number of nitrogens with zero attached hydrogens (tertiary/aromatic N) is 2. The zero-order chi connectivity index (χ0) is 17.6. The van der Waals surface area contributed by atoms with E-state index in [1.807, 2.05) is 54.4 Å².